The van der Waals surface area contributed by atoms with E-state index in [9.17, 15) is 4.79 Å². The van der Waals surface area contributed by atoms with Gasteiger partial charge in [-0.2, -0.15) is 0 Å². The number of benzene rings is 2. The smallest absolute Gasteiger partial charge is 0.234 e. The summed E-state index contributed by atoms with van der Waals surface area (Å²) >= 11 is 0. The largest absolute Gasteiger partial charge is 0.497 e. The monoisotopic (exact) mass is 368 g/mol. The first-order valence-corrected chi connectivity index (χ1v) is 9.39. The maximum atomic E-state index is 12.5. The van der Waals surface area contributed by atoms with Crippen molar-refractivity contribution in [1.29, 1.82) is 0 Å². The first-order chi connectivity index (χ1) is 13.1. The van der Waals surface area contributed by atoms with Gasteiger partial charge < -0.3 is 14.8 Å². The summed E-state index contributed by atoms with van der Waals surface area (Å²) in [6.45, 7) is 3.92. The molecule has 0 unspecified atom stereocenters. The lowest BCUT2D eigenvalue weighted by Gasteiger charge is -2.26. The second kappa shape index (κ2) is 8.91. The summed E-state index contributed by atoms with van der Waals surface area (Å²) in [5.41, 5.74) is 3.43. The van der Waals surface area contributed by atoms with Crippen molar-refractivity contribution in [3.05, 3.63) is 59.2 Å². The van der Waals surface area contributed by atoms with Gasteiger partial charge in [-0.05, 0) is 55.6 Å². The highest BCUT2D eigenvalue weighted by Crippen LogP contribution is 2.38. The molecule has 1 N–H and O–H groups in total. The van der Waals surface area contributed by atoms with Crippen LogP contribution in [-0.4, -0.2) is 38.1 Å². The van der Waals surface area contributed by atoms with E-state index in [1.807, 2.05) is 30.3 Å². The van der Waals surface area contributed by atoms with Crippen LogP contribution in [0.1, 0.15) is 35.6 Å². The number of carbonyl (C=O) groups excluding carboxylic acids is 1. The van der Waals surface area contributed by atoms with Gasteiger partial charge in [0.1, 0.15) is 11.5 Å². The van der Waals surface area contributed by atoms with E-state index in [0.717, 1.165) is 42.0 Å². The van der Waals surface area contributed by atoms with E-state index in [1.165, 1.54) is 5.56 Å². The number of hydrogen-bond donors (Lipinski definition) is 1. The number of nitrogens with one attached hydrogen (secondary N) is 1. The van der Waals surface area contributed by atoms with E-state index in [0.29, 0.717) is 13.1 Å². The fraction of sp³-hybridized carbons (Fsp3) is 0.409. The van der Waals surface area contributed by atoms with Crippen LogP contribution in [0.5, 0.6) is 11.5 Å². The zero-order valence-electron chi connectivity index (χ0n) is 16.3. The van der Waals surface area contributed by atoms with Crippen molar-refractivity contribution in [3.8, 4) is 11.5 Å². The number of ether oxygens (including phenoxy) is 2. The number of nitrogens with zero attached hydrogens (tertiary/aromatic N) is 1. The minimum Gasteiger partial charge on any atom is -0.497 e. The van der Waals surface area contributed by atoms with Gasteiger partial charge in [0, 0.05) is 18.2 Å². The molecule has 5 heteroatoms. The minimum atomic E-state index is 0.0482. The molecule has 0 radical (unpaired) electrons. The van der Waals surface area contributed by atoms with Gasteiger partial charge in [-0.15, -0.1) is 0 Å². The van der Waals surface area contributed by atoms with Gasteiger partial charge >= 0.3 is 0 Å². The van der Waals surface area contributed by atoms with Crippen LogP contribution in [0.4, 0.5) is 0 Å². The van der Waals surface area contributed by atoms with E-state index in [2.05, 4.69) is 29.3 Å². The summed E-state index contributed by atoms with van der Waals surface area (Å²) in [5.74, 6) is 1.70. The van der Waals surface area contributed by atoms with Crippen LogP contribution in [-0.2, 0) is 11.3 Å². The number of aryl methyl sites for hydroxylation is 1. The van der Waals surface area contributed by atoms with Gasteiger partial charge in [0.05, 0.1) is 20.8 Å². The van der Waals surface area contributed by atoms with Gasteiger partial charge in [0.15, 0.2) is 0 Å². The van der Waals surface area contributed by atoms with Gasteiger partial charge in [-0.1, -0.05) is 24.3 Å². The fourth-order valence-electron chi connectivity index (χ4n) is 3.71. The molecule has 5 nitrogen and oxygen atoms in total. The first kappa shape index (κ1) is 19.2. The van der Waals surface area contributed by atoms with Crippen molar-refractivity contribution in [2.45, 2.75) is 32.4 Å². The molecule has 2 aromatic carbocycles. The third kappa shape index (κ3) is 4.61. The molecule has 3 rings (SSSR count). The molecule has 1 aliphatic heterocycles. The summed E-state index contributed by atoms with van der Waals surface area (Å²) < 4.78 is 10.9. The average Bonchev–Trinajstić information content (AvgIpc) is 3.14. The molecule has 1 aliphatic rings. The topological polar surface area (TPSA) is 50.8 Å². The Morgan fingerprint density at radius 2 is 2.00 bits per heavy atom. The summed E-state index contributed by atoms with van der Waals surface area (Å²) in [6, 6.07) is 14.1. The van der Waals surface area contributed by atoms with Crippen LogP contribution < -0.4 is 14.8 Å². The van der Waals surface area contributed by atoms with Crippen LogP contribution in [0.25, 0.3) is 0 Å². The molecule has 0 aliphatic carbocycles. The number of carbonyl (C=O) groups is 1. The highest BCUT2D eigenvalue weighted by Gasteiger charge is 2.30. The van der Waals surface area contributed by atoms with E-state index in [4.69, 9.17) is 9.47 Å². The van der Waals surface area contributed by atoms with E-state index in [1.54, 1.807) is 14.2 Å². The Morgan fingerprint density at radius 1 is 1.19 bits per heavy atom. The predicted molar refractivity (Wildman–Crippen MR) is 106 cm³/mol. The summed E-state index contributed by atoms with van der Waals surface area (Å²) in [6.07, 6.45) is 2.07. The quantitative estimate of drug-likeness (QED) is 0.813. The maximum absolute atomic E-state index is 12.5. The van der Waals surface area contributed by atoms with E-state index >= 15 is 0 Å². The lowest BCUT2D eigenvalue weighted by molar-refractivity contribution is -0.122. The lowest BCUT2D eigenvalue weighted by Crippen LogP contribution is -2.36. The van der Waals surface area contributed by atoms with Crippen molar-refractivity contribution in [2.75, 3.05) is 27.3 Å². The average molecular weight is 368 g/mol. The second-order valence-electron chi connectivity index (χ2n) is 6.94. The third-order valence-corrected chi connectivity index (χ3v) is 5.24. The molecule has 0 bridgehead atoms. The van der Waals surface area contributed by atoms with Crippen LogP contribution in [0.2, 0.25) is 0 Å². The molecule has 1 fully saturated rings. The van der Waals surface area contributed by atoms with Crippen LogP contribution in [0, 0.1) is 6.92 Å². The van der Waals surface area contributed by atoms with Crippen LogP contribution in [0.15, 0.2) is 42.5 Å². The minimum absolute atomic E-state index is 0.0482. The fourth-order valence-corrected chi connectivity index (χ4v) is 3.71. The maximum Gasteiger partial charge on any atom is 0.234 e. The second-order valence-corrected chi connectivity index (χ2v) is 6.94. The third-order valence-electron chi connectivity index (χ3n) is 5.24. The van der Waals surface area contributed by atoms with Crippen molar-refractivity contribution >= 4 is 5.91 Å². The van der Waals surface area contributed by atoms with Crippen LogP contribution >= 0.6 is 0 Å². The highest BCUT2D eigenvalue weighted by molar-refractivity contribution is 5.78. The molecule has 1 saturated heterocycles. The van der Waals surface area contributed by atoms with Crippen molar-refractivity contribution in [2.24, 2.45) is 0 Å². The number of methoxy groups -OCH3 is 2. The van der Waals surface area contributed by atoms with Gasteiger partial charge in [-0.25, -0.2) is 0 Å². The summed E-state index contributed by atoms with van der Waals surface area (Å²) in [7, 11) is 3.34. The zero-order chi connectivity index (χ0) is 19.2. The van der Waals surface area contributed by atoms with Crippen LogP contribution in [0.3, 0.4) is 0 Å². The number of rotatable bonds is 7. The predicted octanol–water partition coefficient (Wildman–Crippen LogP) is 3.47. The normalized spacial score (nSPS) is 16.9. The molecule has 1 atom stereocenters. The van der Waals surface area contributed by atoms with Crippen molar-refractivity contribution < 1.29 is 14.3 Å². The Labute approximate surface area is 161 Å². The number of amides is 1. The highest BCUT2D eigenvalue weighted by atomic mass is 16.5. The molecule has 0 aromatic heterocycles. The molecule has 27 heavy (non-hydrogen) atoms. The molecular weight excluding hydrogens is 340 g/mol. The van der Waals surface area contributed by atoms with Gasteiger partial charge in [0.25, 0.3) is 0 Å². The van der Waals surface area contributed by atoms with E-state index in [-0.39, 0.29) is 11.9 Å². The molecule has 144 valence electrons. The standard InChI is InChI=1S/C22H28N2O3/c1-16-7-4-5-8-17(16)14-23-22(25)15-24-12-6-9-20(24)19-13-18(26-2)10-11-21(19)27-3/h4-5,7-8,10-11,13,20H,6,9,12,14-15H2,1-3H3,(H,23,25)/t20-/m0/s1. The SMILES string of the molecule is COc1ccc(OC)c([C@@H]2CCCN2CC(=O)NCc2ccccc2C)c1. The number of likely N-dealkylation sites (tertiary alicyclic amines) is 1. The summed E-state index contributed by atoms with van der Waals surface area (Å²) in [5, 5.41) is 3.05. The lowest BCUT2D eigenvalue weighted by atomic mass is 10.0. The molecule has 2 aromatic rings. The van der Waals surface area contributed by atoms with E-state index < -0.39 is 0 Å². The van der Waals surface area contributed by atoms with Gasteiger partial charge in [-0.3, -0.25) is 9.69 Å². The Bertz CT molecular complexity index is 791. The molecule has 1 amide bonds. The Hall–Kier alpha value is -2.53. The summed E-state index contributed by atoms with van der Waals surface area (Å²) in [4.78, 5) is 14.8. The first-order valence-electron chi connectivity index (χ1n) is 9.39. The van der Waals surface area contributed by atoms with Crippen molar-refractivity contribution in [3.63, 3.8) is 0 Å². The zero-order valence-corrected chi connectivity index (χ0v) is 16.3. The number of hydrogen-bond acceptors (Lipinski definition) is 4. The Kier molecular flexibility index (Phi) is 6.35. The van der Waals surface area contributed by atoms with Gasteiger partial charge in [0.2, 0.25) is 5.91 Å². The Morgan fingerprint density at radius 3 is 2.74 bits per heavy atom. The Balaban J connectivity index is 1.66. The van der Waals surface area contributed by atoms with Crippen molar-refractivity contribution in [1.82, 2.24) is 10.2 Å². The molecule has 0 saturated carbocycles. The molecular formula is C22H28N2O3. The molecule has 1 heterocycles. The molecule has 0 spiro atoms.